The van der Waals surface area contributed by atoms with Gasteiger partial charge in [-0.15, -0.1) is 0 Å². The van der Waals surface area contributed by atoms with E-state index in [-0.39, 0.29) is 58.9 Å². The zero-order chi connectivity index (χ0) is 38.4. The van der Waals surface area contributed by atoms with Crippen LogP contribution in [-0.2, 0) is 43.9 Å². The van der Waals surface area contributed by atoms with Crippen molar-refractivity contribution in [2.45, 2.75) is 62.4 Å². The average molecular weight is 817 g/mol. The number of nitrogens with one attached hydrogen (secondary N) is 2. The van der Waals surface area contributed by atoms with Crippen molar-refractivity contribution in [3.05, 3.63) is 23.9 Å². The third-order valence-corrected chi connectivity index (χ3v) is 8.14. The average Bonchev–Trinajstić information content (AvgIpc) is 3.12. The number of carbonyl (C=O) groups excluding carboxylic acids is 3. The Balaban J connectivity index is -0.000000609. The van der Waals surface area contributed by atoms with Gasteiger partial charge in [-0.3, -0.25) is 29.6 Å². The van der Waals surface area contributed by atoms with Gasteiger partial charge in [0.05, 0.1) is 83.6 Å². The number of nitrogens with zero attached hydrogens (tertiary/aromatic N) is 4. The summed E-state index contributed by atoms with van der Waals surface area (Å²) in [4.78, 5) is 39.8. The molecule has 0 unspecified atom stereocenters. The Morgan fingerprint density at radius 1 is 0.784 bits per heavy atom. The number of hydrazone groups is 1. The Morgan fingerprint density at radius 2 is 1.18 bits per heavy atom. The van der Waals surface area contributed by atoms with Crippen molar-refractivity contribution in [3.63, 3.8) is 0 Å². The van der Waals surface area contributed by atoms with E-state index in [1.165, 1.54) is 95.7 Å². The van der Waals surface area contributed by atoms with E-state index in [9.17, 15) is 24.6 Å². The Bertz CT molecular complexity index is 1020. The number of aromatic nitrogens is 1. The molecule has 1 aliphatic rings. The van der Waals surface area contributed by atoms with Gasteiger partial charge in [0.25, 0.3) is 5.91 Å². The molecule has 1 radical (unpaired) electrons. The molecule has 1 saturated carbocycles. The maximum atomic E-state index is 11.1. The van der Waals surface area contributed by atoms with Gasteiger partial charge < -0.3 is 45.1 Å². The first-order valence-corrected chi connectivity index (χ1v) is 16.4. The zero-order valence-electron chi connectivity index (χ0n) is 31.1. The SMILES string of the molecule is C1CCCCCCC1.C=NNc1ccc(C(=O)NC)cn1.COC(=O)CN(C)C(CO)(CO)CO.COCC(CO)(CO)N(C)CC(=O)OC.[Tc]. The van der Waals surface area contributed by atoms with Crippen LogP contribution < -0.4 is 10.7 Å². The Hall–Kier alpha value is -2.64. The first-order chi connectivity index (χ1) is 23.9. The van der Waals surface area contributed by atoms with Crippen molar-refractivity contribution in [1.29, 1.82) is 0 Å². The topological polar surface area (TPSA) is 236 Å². The molecule has 51 heavy (non-hydrogen) atoms. The maximum Gasteiger partial charge on any atom is 0.319 e. The van der Waals surface area contributed by atoms with E-state index in [2.05, 4.69) is 37.0 Å². The molecule has 0 atom stereocenters. The third kappa shape index (κ3) is 21.5. The number of carbonyl (C=O) groups is 3. The molecule has 1 aromatic heterocycles. The van der Waals surface area contributed by atoms with Crippen molar-refractivity contribution in [2.24, 2.45) is 5.10 Å². The molecule has 1 aliphatic carbocycles. The summed E-state index contributed by atoms with van der Waals surface area (Å²) >= 11 is 0. The number of anilines is 1. The molecule has 1 heterocycles. The fourth-order valence-corrected chi connectivity index (χ4v) is 4.36. The minimum atomic E-state index is -1.19. The quantitative estimate of drug-likeness (QED) is 0.0654. The Labute approximate surface area is 316 Å². The van der Waals surface area contributed by atoms with Gasteiger partial charge in [-0.25, -0.2) is 4.98 Å². The van der Waals surface area contributed by atoms with E-state index in [1.54, 1.807) is 26.2 Å². The molecule has 1 amide bonds. The van der Waals surface area contributed by atoms with Crippen molar-refractivity contribution >= 4 is 30.4 Å². The molecule has 0 aromatic carbocycles. The number of amides is 1. The first-order valence-electron chi connectivity index (χ1n) is 16.4. The fourth-order valence-electron chi connectivity index (χ4n) is 4.36. The van der Waals surface area contributed by atoms with Crippen molar-refractivity contribution in [1.82, 2.24) is 20.1 Å². The van der Waals surface area contributed by atoms with Crippen LogP contribution in [0.15, 0.2) is 23.4 Å². The number of aliphatic hydroxyl groups excluding tert-OH is 5. The van der Waals surface area contributed by atoms with Gasteiger partial charge in [0, 0.05) is 47.2 Å². The number of rotatable bonds is 16. The number of methoxy groups -OCH3 is 3. The van der Waals surface area contributed by atoms with Crippen molar-refractivity contribution < 1.29 is 74.2 Å². The van der Waals surface area contributed by atoms with Crippen molar-refractivity contribution in [3.8, 4) is 0 Å². The summed E-state index contributed by atoms with van der Waals surface area (Å²) in [6.07, 6.45) is 13.5. The number of pyridine rings is 1. The molecule has 18 heteroatoms. The number of aliphatic hydroxyl groups is 5. The van der Waals surface area contributed by atoms with Crippen LogP contribution in [0, 0.1) is 0 Å². The van der Waals surface area contributed by atoms with E-state index in [1.807, 2.05) is 0 Å². The molecular weight excluding hydrogens is 754 g/mol. The molecule has 2 rings (SSSR count). The van der Waals surface area contributed by atoms with Gasteiger partial charge in [-0.1, -0.05) is 51.4 Å². The molecular formula is C33H62N6O11Tc. The number of hydrogen-bond donors (Lipinski definition) is 7. The van der Waals surface area contributed by atoms with Crippen LogP contribution in [0.4, 0.5) is 5.82 Å². The van der Waals surface area contributed by atoms with Crippen LogP contribution in [0.25, 0.3) is 0 Å². The Kier molecular flexibility index (Phi) is 33.1. The second-order valence-electron chi connectivity index (χ2n) is 11.6. The summed E-state index contributed by atoms with van der Waals surface area (Å²) in [5.74, 6) is -0.527. The molecule has 0 saturated heterocycles. The van der Waals surface area contributed by atoms with Gasteiger partial charge >= 0.3 is 11.9 Å². The third-order valence-electron chi connectivity index (χ3n) is 8.14. The van der Waals surface area contributed by atoms with Gasteiger partial charge in [0.2, 0.25) is 0 Å². The van der Waals surface area contributed by atoms with E-state index in [0.717, 1.165) is 0 Å². The van der Waals surface area contributed by atoms with Crippen LogP contribution in [0.1, 0.15) is 61.7 Å². The summed E-state index contributed by atoms with van der Waals surface area (Å²) < 4.78 is 13.8. The first kappa shape index (κ1) is 52.7. The predicted molar refractivity (Wildman–Crippen MR) is 190 cm³/mol. The normalized spacial score (nSPS) is 12.8. The number of ether oxygens (including phenoxy) is 3. The monoisotopic (exact) mass is 815 g/mol. The van der Waals surface area contributed by atoms with Gasteiger partial charge in [-0.05, 0) is 26.2 Å². The second-order valence-corrected chi connectivity index (χ2v) is 11.6. The summed E-state index contributed by atoms with van der Waals surface area (Å²) in [6.45, 7) is 1.36. The van der Waals surface area contributed by atoms with E-state index in [0.29, 0.717) is 11.4 Å². The number of hydrogen-bond acceptors (Lipinski definition) is 16. The van der Waals surface area contributed by atoms with Crippen molar-refractivity contribution in [2.75, 3.05) is 101 Å². The van der Waals surface area contributed by atoms with Gasteiger partial charge in [-0.2, -0.15) is 5.10 Å². The maximum absolute atomic E-state index is 11.1. The molecule has 297 valence electrons. The smallest absolute Gasteiger partial charge is 0.319 e. The van der Waals surface area contributed by atoms with Crippen LogP contribution in [0.2, 0.25) is 0 Å². The van der Waals surface area contributed by atoms with E-state index in [4.69, 9.17) is 20.1 Å². The molecule has 0 spiro atoms. The van der Waals surface area contributed by atoms with Crippen LogP contribution in [-0.4, -0.2) is 171 Å². The standard InChI is InChI=1S/C9H19NO5.C8H10N4O.C8H17NO5.C8H16.Tc/c1-10(4-8(13)15-3)9(5-11,6-12)7-14-2;1-9-8(13)6-3-4-7(11-5-6)12-10-2;1-9(3-7(13)14-2)8(4-10,5-11)6-12;1-2-4-6-8-7-5-3-1;/h11-12H,4-7H2,1-3H3;3-5H,2H2,1H3,(H,9,13)(H,11,12);10-12H,3-6H2,1-2H3;1-8H2;. The minimum Gasteiger partial charge on any atom is -0.468 e. The van der Waals surface area contributed by atoms with Gasteiger partial charge in [0.1, 0.15) is 5.82 Å². The Morgan fingerprint density at radius 3 is 1.45 bits per heavy atom. The number of likely N-dealkylation sites (N-methyl/N-ethyl adjacent to an activating group) is 2. The molecule has 0 aliphatic heterocycles. The van der Waals surface area contributed by atoms with E-state index >= 15 is 0 Å². The fraction of sp³-hybridized carbons (Fsp3) is 0.727. The summed E-state index contributed by atoms with van der Waals surface area (Å²) in [5, 5.41) is 51.5. The molecule has 1 aromatic rings. The minimum absolute atomic E-state index is 0. The molecule has 17 nitrogen and oxygen atoms in total. The summed E-state index contributed by atoms with van der Waals surface area (Å²) in [6, 6.07) is 3.30. The zero-order valence-corrected chi connectivity index (χ0v) is 33.0. The number of esters is 2. The van der Waals surface area contributed by atoms with E-state index < -0.39 is 42.8 Å². The van der Waals surface area contributed by atoms with Crippen LogP contribution >= 0.6 is 0 Å². The molecule has 1 fully saturated rings. The largest absolute Gasteiger partial charge is 0.468 e. The summed E-state index contributed by atoms with van der Waals surface area (Å²) in [7, 11) is 8.69. The van der Waals surface area contributed by atoms with Crippen LogP contribution in [0.5, 0.6) is 0 Å². The van der Waals surface area contributed by atoms with Crippen LogP contribution in [0.3, 0.4) is 0 Å². The summed E-state index contributed by atoms with van der Waals surface area (Å²) in [5.41, 5.74) is 0.932. The predicted octanol–water partition coefficient (Wildman–Crippen LogP) is -0.145. The molecule has 0 bridgehead atoms. The van der Waals surface area contributed by atoms with Gasteiger partial charge in [0.15, 0.2) is 0 Å². The molecule has 7 N–H and O–H groups in total. The second kappa shape index (κ2) is 32.0.